The lowest BCUT2D eigenvalue weighted by Crippen LogP contribution is -2.61. The molecule has 0 radical (unpaired) electrons. The maximum Gasteiger partial charge on any atom is 0.328 e. The summed E-state index contributed by atoms with van der Waals surface area (Å²) in [5.74, 6) is 1.71. The van der Waals surface area contributed by atoms with Crippen LogP contribution in [0.1, 0.15) is 56.1 Å². The molecule has 4 bridgehead atoms. The Kier molecular flexibility index (Phi) is 12.4. The van der Waals surface area contributed by atoms with Crippen LogP contribution in [0.4, 0.5) is 0 Å². The minimum atomic E-state index is -0.953. The summed E-state index contributed by atoms with van der Waals surface area (Å²) >= 11 is 1.56. The van der Waals surface area contributed by atoms with E-state index in [0.29, 0.717) is 36.5 Å². The smallest absolute Gasteiger partial charge is 0.328 e. The van der Waals surface area contributed by atoms with E-state index in [2.05, 4.69) is 21.3 Å². The van der Waals surface area contributed by atoms with Crippen LogP contribution < -0.4 is 26.0 Å². The molecule has 2 aromatic carbocycles. The van der Waals surface area contributed by atoms with Crippen LogP contribution in [0, 0.1) is 23.2 Å². The van der Waals surface area contributed by atoms with Gasteiger partial charge in [0.2, 0.25) is 17.7 Å². The number of rotatable bonds is 17. The maximum absolute atomic E-state index is 14.0. The van der Waals surface area contributed by atoms with E-state index in [-0.39, 0.29) is 24.3 Å². The SMILES string of the molecule is COC(=O)[C@H](CCSC)NC(=O)[C@H](Cc1ccccc1)NC(=O)CNC(=O)[C@H](NCc1ccc(OC)cc1)C12CC3CC(CC(C3)C1)C2. The largest absolute Gasteiger partial charge is 0.497 e. The number of ether oxygens (including phenoxy) is 2. The first-order chi connectivity index (χ1) is 23.2. The van der Waals surface area contributed by atoms with E-state index in [1.165, 1.54) is 26.4 Å². The fraction of sp³-hybridized carbons (Fsp3) is 0.568. The molecule has 4 aliphatic carbocycles. The van der Waals surface area contributed by atoms with Crippen LogP contribution in [0.25, 0.3) is 0 Å². The monoisotopic (exact) mass is 678 g/mol. The lowest BCUT2D eigenvalue weighted by molar-refractivity contribution is -0.145. The normalized spacial score (nSPS) is 24.2. The first kappa shape index (κ1) is 35.7. The molecule has 2 aromatic rings. The van der Waals surface area contributed by atoms with E-state index in [0.717, 1.165) is 36.1 Å². The minimum absolute atomic E-state index is 0.142. The van der Waals surface area contributed by atoms with Crippen molar-refractivity contribution in [2.75, 3.05) is 32.8 Å². The van der Waals surface area contributed by atoms with Crippen LogP contribution in [-0.2, 0) is 36.9 Å². The molecule has 4 saturated carbocycles. The number of benzene rings is 2. The molecule has 0 aliphatic heterocycles. The number of amides is 3. The summed E-state index contributed by atoms with van der Waals surface area (Å²) in [4.78, 5) is 53.3. The Morgan fingerprint density at radius 1 is 0.833 bits per heavy atom. The van der Waals surface area contributed by atoms with Gasteiger partial charge in [-0.3, -0.25) is 14.4 Å². The molecule has 3 amide bonds. The molecule has 6 rings (SSSR count). The van der Waals surface area contributed by atoms with Crippen molar-refractivity contribution < 1.29 is 28.7 Å². The molecule has 260 valence electrons. The number of hydrogen-bond acceptors (Lipinski definition) is 8. The zero-order chi connectivity index (χ0) is 34.1. The molecule has 0 saturated heterocycles. The predicted molar refractivity (Wildman–Crippen MR) is 186 cm³/mol. The van der Waals surface area contributed by atoms with Crippen LogP contribution in [0.2, 0.25) is 0 Å². The first-order valence-electron chi connectivity index (χ1n) is 17.1. The summed E-state index contributed by atoms with van der Waals surface area (Å²) in [6.07, 6.45) is 9.39. The van der Waals surface area contributed by atoms with Crippen molar-refractivity contribution in [2.45, 2.75) is 76.0 Å². The van der Waals surface area contributed by atoms with E-state index >= 15 is 0 Å². The Labute approximate surface area is 288 Å². The molecule has 4 N–H and O–H groups in total. The molecule has 4 aliphatic rings. The lowest BCUT2D eigenvalue weighted by atomic mass is 9.47. The Morgan fingerprint density at radius 3 is 2.06 bits per heavy atom. The summed E-state index contributed by atoms with van der Waals surface area (Å²) in [6, 6.07) is 15.0. The third-order valence-electron chi connectivity index (χ3n) is 10.4. The number of thioether (sulfide) groups is 1. The molecule has 48 heavy (non-hydrogen) atoms. The van der Waals surface area contributed by atoms with Gasteiger partial charge < -0.3 is 30.7 Å². The maximum atomic E-state index is 14.0. The van der Waals surface area contributed by atoms with Crippen LogP contribution >= 0.6 is 11.8 Å². The highest BCUT2D eigenvalue weighted by atomic mass is 32.2. The van der Waals surface area contributed by atoms with E-state index in [1.54, 1.807) is 18.9 Å². The summed E-state index contributed by atoms with van der Waals surface area (Å²) < 4.78 is 10.2. The zero-order valence-electron chi connectivity index (χ0n) is 28.3. The highest BCUT2D eigenvalue weighted by Gasteiger charge is 2.55. The van der Waals surface area contributed by atoms with Gasteiger partial charge in [0.1, 0.15) is 17.8 Å². The third kappa shape index (κ3) is 9.11. The van der Waals surface area contributed by atoms with Crippen molar-refractivity contribution >= 4 is 35.5 Å². The second-order valence-electron chi connectivity index (χ2n) is 13.8. The Hall–Kier alpha value is -3.57. The van der Waals surface area contributed by atoms with Gasteiger partial charge in [0.05, 0.1) is 26.8 Å². The van der Waals surface area contributed by atoms with Gasteiger partial charge in [-0.1, -0.05) is 42.5 Å². The zero-order valence-corrected chi connectivity index (χ0v) is 29.1. The standard InChI is InChI=1S/C37H50N4O6S/c1-46-29-11-9-25(10-12-29)22-38-33(37-19-26-15-27(20-37)17-28(16-26)21-37)35(44)39-23-32(42)40-31(18-24-7-5-4-6-8-24)34(43)41-30(13-14-48-3)36(45)47-2/h4-12,26-28,30-31,33,38H,13-23H2,1-3H3,(H,39,44)(H,40,42)(H,41,43)/t26?,27?,28?,30-,31-,33-,37?/m0/s1. The van der Waals surface area contributed by atoms with Gasteiger partial charge in [0.25, 0.3) is 0 Å². The molecular weight excluding hydrogens is 628 g/mol. The topological polar surface area (TPSA) is 135 Å². The van der Waals surface area contributed by atoms with E-state index in [1.807, 2.05) is 60.9 Å². The molecule has 0 aromatic heterocycles. The molecule has 0 spiro atoms. The Morgan fingerprint density at radius 2 is 1.48 bits per heavy atom. The lowest BCUT2D eigenvalue weighted by Gasteiger charge is -2.59. The van der Waals surface area contributed by atoms with Gasteiger partial charge in [0, 0.05) is 13.0 Å². The summed E-state index contributed by atoms with van der Waals surface area (Å²) in [5.41, 5.74) is 1.76. The van der Waals surface area contributed by atoms with E-state index in [9.17, 15) is 19.2 Å². The average molecular weight is 679 g/mol. The van der Waals surface area contributed by atoms with Crippen LogP contribution in [-0.4, -0.2) is 74.6 Å². The van der Waals surface area contributed by atoms with Gasteiger partial charge in [-0.05, 0) is 103 Å². The molecule has 10 nitrogen and oxygen atoms in total. The van der Waals surface area contributed by atoms with Crippen molar-refractivity contribution in [3.05, 3.63) is 65.7 Å². The highest BCUT2D eigenvalue weighted by Crippen LogP contribution is 2.61. The number of carbonyl (C=O) groups is 4. The number of carbonyl (C=O) groups excluding carboxylic acids is 4. The third-order valence-corrected chi connectivity index (χ3v) is 11.0. The van der Waals surface area contributed by atoms with Crippen LogP contribution in [0.5, 0.6) is 5.75 Å². The van der Waals surface area contributed by atoms with Crippen molar-refractivity contribution in [3.63, 3.8) is 0 Å². The van der Waals surface area contributed by atoms with Crippen molar-refractivity contribution in [3.8, 4) is 5.75 Å². The predicted octanol–water partition coefficient (Wildman–Crippen LogP) is 3.62. The highest BCUT2D eigenvalue weighted by molar-refractivity contribution is 7.98. The minimum Gasteiger partial charge on any atom is -0.497 e. The van der Waals surface area contributed by atoms with Gasteiger partial charge in [-0.25, -0.2) is 4.79 Å². The first-order valence-corrected chi connectivity index (χ1v) is 18.5. The van der Waals surface area contributed by atoms with Crippen molar-refractivity contribution in [1.82, 2.24) is 21.3 Å². The molecular formula is C37H50N4O6S. The van der Waals surface area contributed by atoms with Gasteiger partial charge in [0.15, 0.2) is 0 Å². The summed E-state index contributed by atoms with van der Waals surface area (Å²) in [6.45, 7) is 0.255. The van der Waals surface area contributed by atoms with E-state index < -0.39 is 35.9 Å². The fourth-order valence-electron chi connectivity index (χ4n) is 8.55. The quantitative estimate of drug-likeness (QED) is 0.187. The number of methoxy groups -OCH3 is 2. The Balaban J connectivity index is 1.26. The van der Waals surface area contributed by atoms with Gasteiger partial charge in [-0.2, -0.15) is 11.8 Å². The fourth-order valence-corrected chi connectivity index (χ4v) is 9.03. The Bertz CT molecular complexity index is 1370. The van der Waals surface area contributed by atoms with Crippen LogP contribution in [0.3, 0.4) is 0 Å². The van der Waals surface area contributed by atoms with Crippen molar-refractivity contribution in [1.29, 1.82) is 0 Å². The van der Waals surface area contributed by atoms with E-state index in [4.69, 9.17) is 9.47 Å². The molecule has 3 atom stereocenters. The van der Waals surface area contributed by atoms with Crippen LogP contribution in [0.15, 0.2) is 54.6 Å². The number of nitrogens with one attached hydrogen (secondary N) is 4. The number of esters is 1. The summed E-state index contributed by atoms with van der Waals surface area (Å²) in [7, 11) is 2.92. The molecule has 11 heteroatoms. The second-order valence-corrected chi connectivity index (χ2v) is 14.8. The molecule has 4 fully saturated rings. The van der Waals surface area contributed by atoms with Crippen molar-refractivity contribution in [2.24, 2.45) is 23.2 Å². The number of hydrogen-bond donors (Lipinski definition) is 4. The molecule has 0 heterocycles. The second kappa shape index (κ2) is 16.7. The van der Waals surface area contributed by atoms with Gasteiger partial charge >= 0.3 is 5.97 Å². The van der Waals surface area contributed by atoms with Gasteiger partial charge in [-0.15, -0.1) is 0 Å². The summed E-state index contributed by atoms with van der Waals surface area (Å²) in [5, 5.41) is 12.1. The average Bonchev–Trinajstić information content (AvgIpc) is 3.08. The molecule has 0 unspecified atom stereocenters.